The van der Waals surface area contributed by atoms with Crippen LogP contribution >= 0.6 is 0 Å². The lowest BCUT2D eigenvalue weighted by molar-refractivity contribution is 0.0963. The first-order valence-corrected chi connectivity index (χ1v) is 9.94. The van der Waals surface area contributed by atoms with Gasteiger partial charge in [-0.1, -0.05) is 31.9 Å². The summed E-state index contributed by atoms with van der Waals surface area (Å²) in [5.74, 6) is 1.75. The highest BCUT2D eigenvalue weighted by Gasteiger charge is 2.21. The lowest BCUT2D eigenvalue weighted by Gasteiger charge is -2.30. The number of hydrogen-bond donors (Lipinski definition) is 3. The van der Waals surface area contributed by atoms with Gasteiger partial charge in [0.25, 0.3) is 5.91 Å². The number of aliphatic imine (C=N–C) groups is 1. The molecule has 3 N–H and O–H groups in total. The SMILES string of the molecule is CCCC1CCC(NC(=NC)NCCc2cccc(C(=O)NC)c2)CC1. The summed E-state index contributed by atoms with van der Waals surface area (Å²) in [4.78, 5) is 16.1. The standard InChI is InChI=1S/C21H34N4O/c1-4-6-16-9-11-19(12-10-16)25-21(23-3)24-14-13-17-7-5-8-18(15-17)20(26)22-2/h5,7-8,15-16,19H,4,6,9-14H2,1-3H3,(H,22,26)(H2,23,24,25). The monoisotopic (exact) mass is 358 g/mol. The average molecular weight is 359 g/mol. The average Bonchev–Trinajstić information content (AvgIpc) is 2.68. The highest BCUT2D eigenvalue weighted by Crippen LogP contribution is 2.27. The van der Waals surface area contributed by atoms with Gasteiger partial charge in [0.2, 0.25) is 0 Å². The van der Waals surface area contributed by atoms with Gasteiger partial charge in [0.15, 0.2) is 5.96 Å². The number of rotatable bonds is 7. The fourth-order valence-corrected chi connectivity index (χ4v) is 3.73. The van der Waals surface area contributed by atoms with E-state index in [9.17, 15) is 4.79 Å². The molecule has 1 aromatic carbocycles. The van der Waals surface area contributed by atoms with Crippen LogP contribution in [0.3, 0.4) is 0 Å². The van der Waals surface area contributed by atoms with Crippen LogP contribution in [0.15, 0.2) is 29.3 Å². The van der Waals surface area contributed by atoms with Crippen molar-refractivity contribution < 1.29 is 4.79 Å². The van der Waals surface area contributed by atoms with E-state index in [4.69, 9.17) is 0 Å². The van der Waals surface area contributed by atoms with Crippen molar-refractivity contribution in [2.45, 2.75) is 57.9 Å². The lowest BCUT2D eigenvalue weighted by atomic mass is 9.83. The van der Waals surface area contributed by atoms with Crippen molar-refractivity contribution in [2.75, 3.05) is 20.6 Å². The molecule has 5 nitrogen and oxygen atoms in total. The highest BCUT2D eigenvalue weighted by atomic mass is 16.1. The number of nitrogens with one attached hydrogen (secondary N) is 3. The van der Waals surface area contributed by atoms with Crippen LogP contribution in [0.2, 0.25) is 0 Å². The Morgan fingerprint density at radius 3 is 2.65 bits per heavy atom. The summed E-state index contributed by atoms with van der Waals surface area (Å²) in [5.41, 5.74) is 1.85. The third-order valence-corrected chi connectivity index (χ3v) is 5.23. The van der Waals surface area contributed by atoms with E-state index in [1.54, 1.807) is 7.05 Å². The maximum atomic E-state index is 11.7. The second-order valence-corrected chi connectivity index (χ2v) is 7.18. The number of hydrogen-bond acceptors (Lipinski definition) is 2. The Hall–Kier alpha value is -2.04. The van der Waals surface area contributed by atoms with Gasteiger partial charge < -0.3 is 16.0 Å². The van der Waals surface area contributed by atoms with Gasteiger partial charge in [0.05, 0.1) is 0 Å². The molecule has 0 radical (unpaired) electrons. The number of guanidine groups is 1. The molecule has 1 saturated carbocycles. The maximum absolute atomic E-state index is 11.7. The molecule has 0 unspecified atom stereocenters. The van der Waals surface area contributed by atoms with Gasteiger partial charge in [-0.25, -0.2) is 0 Å². The number of amides is 1. The number of carbonyl (C=O) groups excluding carboxylic acids is 1. The molecule has 144 valence electrons. The Labute approximate surface area is 158 Å². The number of nitrogens with zero attached hydrogens (tertiary/aromatic N) is 1. The quantitative estimate of drug-likeness (QED) is 0.518. The van der Waals surface area contributed by atoms with Crippen LogP contribution in [0.1, 0.15) is 61.4 Å². The van der Waals surface area contributed by atoms with E-state index in [-0.39, 0.29) is 5.91 Å². The fraction of sp³-hybridized carbons (Fsp3) is 0.619. The van der Waals surface area contributed by atoms with Crippen molar-refractivity contribution in [3.05, 3.63) is 35.4 Å². The zero-order chi connectivity index (χ0) is 18.8. The third kappa shape index (κ3) is 6.36. The zero-order valence-electron chi connectivity index (χ0n) is 16.5. The van der Waals surface area contributed by atoms with E-state index in [1.165, 1.54) is 38.5 Å². The second kappa shape index (κ2) is 10.8. The summed E-state index contributed by atoms with van der Waals surface area (Å²) in [5, 5.41) is 9.64. The van der Waals surface area contributed by atoms with Gasteiger partial charge in [-0.05, 0) is 55.7 Å². The van der Waals surface area contributed by atoms with Crippen LogP contribution in [0.25, 0.3) is 0 Å². The molecule has 1 fully saturated rings. The van der Waals surface area contributed by atoms with Crippen molar-refractivity contribution in [1.82, 2.24) is 16.0 Å². The largest absolute Gasteiger partial charge is 0.356 e. The highest BCUT2D eigenvalue weighted by molar-refractivity contribution is 5.94. The topological polar surface area (TPSA) is 65.5 Å². The molecule has 5 heteroatoms. The van der Waals surface area contributed by atoms with Crippen LogP contribution in [0, 0.1) is 5.92 Å². The zero-order valence-corrected chi connectivity index (χ0v) is 16.5. The number of carbonyl (C=O) groups is 1. The van der Waals surface area contributed by atoms with Crippen molar-refractivity contribution in [2.24, 2.45) is 10.9 Å². The smallest absolute Gasteiger partial charge is 0.251 e. The fourth-order valence-electron chi connectivity index (χ4n) is 3.73. The minimum Gasteiger partial charge on any atom is -0.356 e. The molecule has 1 aliphatic rings. The minimum absolute atomic E-state index is 0.0454. The van der Waals surface area contributed by atoms with E-state index in [1.807, 2.05) is 25.2 Å². The molecular weight excluding hydrogens is 324 g/mol. The van der Waals surface area contributed by atoms with E-state index in [0.29, 0.717) is 11.6 Å². The normalized spacial score (nSPS) is 20.5. The molecule has 0 bridgehead atoms. The van der Waals surface area contributed by atoms with Gasteiger partial charge in [0.1, 0.15) is 0 Å². The van der Waals surface area contributed by atoms with Crippen LogP contribution in [-0.2, 0) is 6.42 Å². The summed E-state index contributed by atoms with van der Waals surface area (Å²) >= 11 is 0. The molecule has 1 amide bonds. The predicted molar refractivity (Wildman–Crippen MR) is 109 cm³/mol. The second-order valence-electron chi connectivity index (χ2n) is 7.18. The Bertz CT molecular complexity index is 591. The molecule has 0 atom stereocenters. The first kappa shape index (κ1) is 20.3. The van der Waals surface area contributed by atoms with E-state index < -0.39 is 0 Å². The molecule has 2 rings (SSSR count). The molecule has 26 heavy (non-hydrogen) atoms. The Morgan fingerprint density at radius 1 is 1.23 bits per heavy atom. The first-order chi connectivity index (χ1) is 12.7. The molecule has 1 aliphatic carbocycles. The van der Waals surface area contributed by atoms with Gasteiger partial charge in [0, 0.05) is 32.2 Å². The van der Waals surface area contributed by atoms with Gasteiger partial charge >= 0.3 is 0 Å². The van der Waals surface area contributed by atoms with Crippen LogP contribution in [0.5, 0.6) is 0 Å². The molecule has 0 aliphatic heterocycles. The van der Waals surface area contributed by atoms with Crippen molar-refractivity contribution in [1.29, 1.82) is 0 Å². The Morgan fingerprint density at radius 2 is 2.00 bits per heavy atom. The van der Waals surface area contributed by atoms with Crippen LogP contribution in [0.4, 0.5) is 0 Å². The lowest BCUT2D eigenvalue weighted by Crippen LogP contribution is -2.45. The molecule has 0 aromatic heterocycles. The van der Waals surface area contributed by atoms with Gasteiger partial charge in [-0.2, -0.15) is 0 Å². The predicted octanol–water partition coefficient (Wildman–Crippen LogP) is 3.11. The maximum Gasteiger partial charge on any atom is 0.251 e. The molecule has 0 spiro atoms. The minimum atomic E-state index is -0.0454. The van der Waals surface area contributed by atoms with Crippen molar-refractivity contribution in [3.8, 4) is 0 Å². The van der Waals surface area contributed by atoms with E-state index >= 15 is 0 Å². The van der Waals surface area contributed by atoms with E-state index in [0.717, 1.165) is 30.4 Å². The van der Waals surface area contributed by atoms with Crippen molar-refractivity contribution >= 4 is 11.9 Å². The Kier molecular flexibility index (Phi) is 8.45. The van der Waals surface area contributed by atoms with Gasteiger partial charge in [-0.3, -0.25) is 9.79 Å². The summed E-state index contributed by atoms with van der Waals surface area (Å²) in [6.07, 6.45) is 8.65. The molecule has 1 aromatic rings. The first-order valence-electron chi connectivity index (χ1n) is 9.94. The number of benzene rings is 1. The third-order valence-electron chi connectivity index (χ3n) is 5.23. The van der Waals surface area contributed by atoms with Crippen LogP contribution in [-0.4, -0.2) is 38.5 Å². The molecule has 0 heterocycles. The summed E-state index contributed by atoms with van der Waals surface area (Å²) < 4.78 is 0. The summed E-state index contributed by atoms with van der Waals surface area (Å²) in [6.45, 7) is 3.07. The molecular formula is C21H34N4O. The van der Waals surface area contributed by atoms with Crippen LogP contribution < -0.4 is 16.0 Å². The summed E-state index contributed by atoms with van der Waals surface area (Å²) in [7, 11) is 3.48. The molecule has 0 saturated heterocycles. The Balaban J connectivity index is 1.75. The van der Waals surface area contributed by atoms with E-state index in [2.05, 4.69) is 33.9 Å². The van der Waals surface area contributed by atoms with Crippen molar-refractivity contribution in [3.63, 3.8) is 0 Å². The summed E-state index contributed by atoms with van der Waals surface area (Å²) in [6, 6.07) is 8.31. The van der Waals surface area contributed by atoms with Gasteiger partial charge in [-0.15, -0.1) is 0 Å².